The van der Waals surface area contributed by atoms with Gasteiger partial charge in [0, 0.05) is 24.8 Å². The average Bonchev–Trinajstić information content (AvgIpc) is 2.43. The van der Waals surface area contributed by atoms with Crippen LogP contribution in [-0.4, -0.2) is 30.6 Å². The summed E-state index contributed by atoms with van der Waals surface area (Å²) in [7, 11) is 0. The molecule has 0 saturated carbocycles. The third kappa shape index (κ3) is 3.86. The molecule has 1 heterocycles. The molecule has 1 fully saturated rings. The van der Waals surface area contributed by atoms with E-state index >= 15 is 0 Å². The maximum Gasteiger partial charge on any atom is 0.101 e. The lowest BCUT2D eigenvalue weighted by atomic mass is 10.0. The Morgan fingerprint density at radius 3 is 2.79 bits per heavy atom. The van der Waals surface area contributed by atoms with Crippen LogP contribution in [0.5, 0.6) is 0 Å². The number of nitrogens with one attached hydrogen (secondary N) is 1. The van der Waals surface area contributed by atoms with Gasteiger partial charge >= 0.3 is 0 Å². The molecule has 0 aromatic heterocycles. The molecule has 1 aliphatic heterocycles. The van der Waals surface area contributed by atoms with Gasteiger partial charge in [0.2, 0.25) is 0 Å². The molecule has 0 amide bonds. The highest BCUT2D eigenvalue weighted by Gasteiger charge is 2.18. The molecule has 2 rings (SSSR count). The fourth-order valence-electron chi connectivity index (χ4n) is 2.55. The van der Waals surface area contributed by atoms with Gasteiger partial charge in [0.1, 0.15) is 6.07 Å². The van der Waals surface area contributed by atoms with E-state index in [2.05, 4.69) is 23.2 Å². The Balaban J connectivity index is 1.91. The minimum atomic E-state index is 0.501. The molecule has 1 aromatic carbocycles. The summed E-state index contributed by atoms with van der Waals surface area (Å²) in [5, 5.41) is 13.0. The molecular formula is C15H20ClN3. The molecule has 4 heteroatoms. The summed E-state index contributed by atoms with van der Waals surface area (Å²) < 4.78 is 0. The van der Waals surface area contributed by atoms with E-state index in [0.29, 0.717) is 16.6 Å². The van der Waals surface area contributed by atoms with Gasteiger partial charge in [-0.2, -0.15) is 5.26 Å². The summed E-state index contributed by atoms with van der Waals surface area (Å²) >= 11 is 5.94. The quantitative estimate of drug-likeness (QED) is 0.916. The first kappa shape index (κ1) is 14.2. The number of hydrogen-bond acceptors (Lipinski definition) is 3. The molecule has 0 aliphatic carbocycles. The van der Waals surface area contributed by atoms with Gasteiger partial charge in [-0.3, -0.25) is 0 Å². The first-order chi connectivity index (χ1) is 9.22. The highest BCUT2D eigenvalue weighted by Crippen LogP contribution is 2.22. The third-order valence-corrected chi connectivity index (χ3v) is 3.91. The Morgan fingerprint density at radius 1 is 1.42 bits per heavy atom. The molecule has 1 N–H and O–H groups in total. The standard InChI is InChI=1S/C15H20ClN3/c1-2-7-19-8-5-13(6-9-19)18-14-3-4-15(16)12(10-14)11-17/h3-4,10,13,18H,2,5-9H2,1H3. The second-order valence-electron chi connectivity index (χ2n) is 5.07. The van der Waals surface area contributed by atoms with E-state index in [1.165, 1.54) is 13.0 Å². The number of benzene rings is 1. The molecule has 1 aromatic rings. The zero-order valence-corrected chi connectivity index (χ0v) is 12.1. The first-order valence-corrected chi connectivity index (χ1v) is 7.29. The minimum Gasteiger partial charge on any atom is -0.382 e. The van der Waals surface area contributed by atoms with Crippen molar-refractivity contribution in [2.45, 2.75) is 32.2 Å². The Hall–Kier alpha value is -1.24. The zero-order valence-electron chi connectivity index (χ0n) is 11.3. The van der Waals surface area contributed by atoms with Gasteiger partial charge in [-0.25, -0.2) is 0 Å². The number of piperidine rings is 1. The zero-order chi connectivity index (χ0) is 13.7. The summed E-state index contributed by atoms with van der Waals surface area (Å²) in [5.74, 6) is 0. The summed E-state index contributed by atoms with van der Waals surface area (Å²) in [4.78, 5) is 2.51. The van der Waals surface area contributed by atoms with Gasteiger partial charge < -0.3 is 10.2 Å². The smallest absolute Gasteiger partial charge is 0.101 e. The van der Waals surface area contributed by atoms with Gasteiger partial charge in [0.05, 0.1) is 10.6 Å². The van der Waals surface area contributed by atoms with Crippen molar-refractivity contribution in [1.82, 2.24) is 4.90 Å². The van der Waals surface area contributed by atoms with E-state index in [-0.39, 0.29) is 0 Å². The molecule has 1 saturated heterocycles. The number of nitrogens with zero attached hydrogens (tertiary/aromatic N) is 2. The van der Waals surface area contributed by atoms with Crippen molar-refractivity contribution in [2.24, 2.45) is 0 Å². The van der Waals surface area contributed by atoms with Gasteiger partial charge in [-0.15, -0.1) is 0 Å². The Morgan fingerprint density at radius 2 is 2.16 bits per heavy atom. The molecule has 102 valence electrons. The minimum absolute atomic E-state index is 0.501. The van der Waals surface area contributed by atoms with Crippen molar-refractivity contribution in [3.8, 4) is 6.07 Å². The Kier molecular flexibility index (Phi) is 5.07. The van der Waals surface area contributed by atoms with Crippen LogP contribution in [0.4, 0.5) is 5.69 Å². The van der Waals surface area contributed by atoms with Crippen molar-refractivity contribution in [1.29, 1.82) is 5.26 Å². The van der Waals surface area contributed by atoms with Crippen LogP contribution in [0.2, 0.25) is 5.02 Å². The van der Waals surface area contributed by atoms with Crippen molar-refractivity contribution in [3.05, 3.63) is 28.8 Å². The molecule has 3 nitrogen and oxygen atoms in total. The predicted octanol–water partition coefficient (Wildman–Crippen LogP) is 3.50. The van der Waals surface area contributed by atoms with Crippen molar-refractivity contribution < 1.29 is 0 Å². The molecule has 0 unspecified atom stereocenters. The summed E-state index contributed by atoms with van der Waals surface area (Å²) in [6, 6.07) is 8.18. The predicted molar refractivity (Wildman–Crippen MR) is 79.5 cm³/mol. The summed E-state index contributed by atoms with van der Waals surface area (Å²) in [6.45, 7) is 5.74. The first-order valence-electron chi connectivity index (χ1n) is 6.91. The lowest BCUT2D eigenvalue weighted by Gasteiger charge is -2.32. The van der Waals surface area contributed by atoms with Crippen LogP contribution in [0, 0.1) is 11.3 Å². The number of halogens is 1. The van der Waals surface area contributed by atoms with E-state index in [9.17, 15) is 0 Å². The van der Waals surface area contributed by atoms with Gasteiger partial charge in [-0.05, 0) is 44.0 Å². The van der Waals surface area contributed by atoms with Crippen LogP contribution in [0.1, 0.15) is 31.7 Å². The SMILES string of the molecule is CCCN1CCC(Nc2ccc(Cl)c(C#N)c2)CC1. The molecule has 1 aliphatic rings. The normalized spacial score (nSPS) is 17.1. The van der Waals surface area contributed by atoms with Crippen molar-refractivity contribution >= 4 is 17.3 Å². The summed E-state index contributed by atoms with van der Waals surface area (Å²) in [5.41, 5.74) is 1.53. The molecule has 19 heavy (non-hydrogen) atoms. The maximum absolute atomic E-state index is 8.97. The second-order valence-corrected chi connectivity index (χ2v) is 5.47. The highest BCUT2D eigenvalue weighted by molar-refractivity contribution is 6.31. The van der Waals surface area contributed by atoms with E-state index in [0.717, 1.165) is 31.6 Å². The highest BCUT2D eigenvalue weighted by atomic mass is 35.5. The van der Waals surface area contributed by atoms with E-state index < -0.39 is 0 Å². The molecule has 0 bridgehead atoms. The van der Waals surface area contributed by atoms with Gasteiger partial charge in [0.25, 0.3) is 0 Å². The lowest BCUT2D eigenvalue weighted by molar-refractivity contribution is 0.219. The van der Waals surface area contributed by atoms with E-state index in [1.807, 2.05) is 12.1 Å². The Labute approximate surface area is 120 Å². The largest absolute Gasteiger partial charge is 0.382 e. The Bertz CT molecular complexity index is 459. The second kappa shape index (κ2) is 6.79. The topological polar surface area (TPSA) is 39.1 Å². The van der Waals surface area contributed by atoms with Crippen LogP contribution < -0.4 is 5.32 Å². The number of rotatable bonds is 4. The maximum atomic E-state index is 8.97. The average molecular weight is 278 g/mol. The van der Waals surface area contributed by atoms with E-state index in [1.54, 1.807) is 6.07 Å². The van der Waals surface area contributed by atoms with Crippen LogP contribution in [0.25, 0.3) is 0 Å². The van der Waals surface area contributed by atoms with Crippen LogP contribution >= 0.6 is 11.6 Å². The summed E-state index contributed by atoms with van der Waals surface area (Å²) in [6.07, 6.45) is 3.54. The fourth-order valence-corrected chi connectivity index (χ4v) is 2.71. The number of likely N-dealkylation sites (tertiary alicyclic amines) is 1. The van der Waals surface area contributed by atoms with Crippen LogP contribution in [0.3, 0.4) is 0 Å². The monoisotopic (exact) mass is 277 g/mol. The van der Waals surface area contributed by atoms with Crippen LogP contribution in [-0.2, 0) is 0 Å². The fraction of sp³-hybridized carbons (Fsp3) is 0.533. The number of nitriles is 1. The van der Waals surface area contributed by atoms with Gasteiger partial charge in [0.15, 0.2) is 0 Å². The molecule has 0 spiro atoms. The van der Waals surface area contributed by atoms with Crippen molar-refractivity contribution in [2.75, 3.05) is 25.0 Å². The lowest BCUT2D eigenvalue weighted by Crippen LogP contribution is -2.39. The molecular weight excluding hydrogens is 258 g/mol. The molecule has 0 atom stereocenters. The number of hydrogen-bond donors (Lipinski definition) is 1. The van der Waals surface area contributed by atoms with Crippen molar-refractivity contribution in [3.63, 3.8) is 0 Å². The van der Waals surface area contributed by atoms with Gasteiger partial charge in [-0.1, -0.05) is 18.5 Å². The van der Waals surface area contributed by atoms with Crippen LogP contribution in [0.15, 0.2) is 18.2 Å². The number of anilines is 1. The third-order valence-electron chi connectivity index (χ3n) is 3.59. The van der Waals surface area contributed by atoms with E-state index in [4.69, 9.17) is 16.9 Å². The molecule has 0 radical (unpaired) electrons.